The second-order valence-corrected chi connectivity index (χ2v) is 5.55. The van der Waals surface area contributed by atoms with Gasteiger partial charge < -0.3 is 10.8 Å². The third-order valence-electron chi connectivity index (χ3n) is 3.19. The van der Waals surface area contributed by atoms with E-state index >= 15 is 0 Å². The molecule has 110 valence electrons. The summed E-state index contributed by atoms with van der Waals surface area (Å²) in [6, 6.07) is 12.5. The maximum atomic E-state index is 10.9. The molecule has 0 unspecified atom stereocenters. The van der Waals surface area contributed by atoms with Gasteiger partial charge in [-0.2, -0.15) is 12.6 Å². The van der Waals surface area contributed by atoms with Crippen LogP contribution in [0.2, 0.25) is 5.02 Å². The second-order valence-electron chi connectivity index (χ2n) is 4.82. The number of nitrogens with two attached hydrogens (primary N) is 1. The first-order chi connectivity index (χ1) is 10.0. The van der Waals surface area contributed by atoms with Crippen molar-refractivity contribution in [3.8, 4) is 11.1 Å². The van der Waals surface area contributed by atoms with Gasteiger partial charge in [0, 0.05) is 16.3 Å². The molecule has 3 nitrogen and oxygen atoms in total. The summed E-state index contributed by atoms with van der Waals surface area (Å²) in [7, 11) is 0. The number of carboxylic acids is 1. The zero-order valence-electron chi connectivity index (χ0n) is 11.3. The second kappa shape index (κ2) is 6.98. The standard InChI is InChI=1S/C16H16ClNO2S/c17-14-4-2-1-3-13(14)12-6-10(5-11(7-12)9-21)8-15(18)16(19)20/h1-7,15,21H,8-9,18H2,(H,19,20)/t15-/m0/s1. The zero-order chi connectivity index (χ0) is 15.4. The van der Waals surface area contributed by atoms with E-state index < -0.39 is 12.0 Å². The summed E-state index contributed by atoms with van der Waals surface area (Å²) in [6.07, 6.45) is 0.272. The molecule has 0 aliphatic carbocycles. The first kappa shape index (κ1) is 15.9. The van der Waals surface area contributed by atoms with Crippen LogP contribution >= 0.6 is 24.2 Å². The van der Waals surface area contributed by atoms with Gasteiger partial charge in [0.1, 0.15) is 6.04 Å². The van der Waals surface area contributed by atoms with Crippen LogP contribution in [0.1, 0.15) is 11.1 Å². The van der Waals surface area contributed by atoms with Crippen LogP contribution in [0.5, 0.6) is 0 Å². The van der Waals surface area contributed by atoms with Crippen molar-refractivity contribution in [2.24, 2.45) is 5.73 Å². The third-order valence-corrected chi connectivity index (χ3v) is 3.89. The van der Waals surface area contributed by atoms with Gasteiger partial charge >= 0.3 is 5.97 Å². The molecule has 0 fully saturated rings. The minimum atomic E-state index is -1.01. The van der Waals surface area contributed by atoms with Crippen molar-refractivity contribution in [2.75, 3.05) is 0 Å². The maximum absolute atomic E-state index is 10.9. The number of halogens is 1. The Balaban J connectivity index is 2.43. The molecule has 0 saturated heterocycles. The molecule has 0 radical (unpaired) electrons. The highest BCUT2D eigenvalue weighted by Crippen LogP contribution is 2.29. The van der Waals surface area contributed by atoms with E-state index in [0.717, 1.165) is 22.3 Å². The smallest absolute Gasteiger partial charge is 0.320 e. The number of carboxylic acid groups (broad SMARTS) is 1. The summed E-state index contributed by atoms with van der Waals surface area (Å²) in [6.45, 7) is 0. The van der Waals surface area contributed by atoms with Crippen molar-refractivity contribution in [3.05, 3.63) is 58.6 Å². The van der Waals surface area contributed by atoms with Gasteiger partial charge in [0.2, 0.25) is 0 Å². The fourth-order valence-electron chi connectivity index (χ4n) is 2.16. The van der Waals surface area contributed by atoms with Crippen molar-refractivity contribution in [3.63, 3.8) is 0 Å². The summed E-state index contributed by atoms with van der Waals surface area (Å²) >= 11 is 10.5. The molecule has 0 amide bonds. The van der Waals surface area contributed by atoms with Crippen LogP contribution in [0.25, 0.3) is 11.1 Å². The maximum Gasteiger partial charge on any atom is 0.320 e. The van der Waals surface area contributed by atoms with E-state index in [0.29, 0.717) is 10.8 Å². The lowest BCUT2D eigenvalue weighted by Gasteiger charge is -2.12. The predicted octanol–water partition coefficient (Wildman–Crippen LogP) is 3.39. The van der Waals surface area contributed by atoms with Gasteiger partial charge in [-0.15, -0.1) is 0 Å². The molecule has 2 rings (SSSR count). The number of benzene rings is 2. The Morgan fingerprint density at radius 1 is 1.24 bits per heavy atom. The number of rotatable bonds is 5. The normalized spacial score (nSPS) is 12.1. The summed E-state index contributed by atoms with van der Waals surface area (Å²) in [5.41, 5.74) is 9.34. The van der Waals surface area contributed by atoms with E-state index in [4.69, 9.17) is 22.4 Å². The fourth-order valence-corrected chi connectivity index (χ4v) is 2.59. The van der Waals surface area contributed by atoms with Gasteiger partial charge in [-0.05, 0) is 29.2 Å². The zero-order valence-corrected chi connectivity index (χ0v) is 12.9. The monoisotopic (exact) mass is 321 g/mol. The Bertz CT molecular complexity index is 660. The Morgan fingerprint density at radius 3 is 2.52 bits per heavy atom. The predicted molar refractivity (Wildman–Crippen MR) is 88.9 cm³/mol. The van der Waals surface area contributed by atoms with Gasteiger partial charge in [-0.1, -0.05) is 48.0 Å². The molecule has 2 aromatic carbocycles. The summed E-state index contributed by atoms with van der Waals surface area (Å²) < 4.78 is 0. The number of carbonyl (C=O) groups is 1. The van der Waals surface area contributed by atoms with Crippen molar-refractivity contribution in [1.82, 2.24) is 0 Å². The number of thiol groups is 1. The first-order valence-corrected chi connectivity index (χ1v) is 7.49. The van der Waals surface area contributed by atoms with Gasteiger partial charge in [0.25, 0.3) is 0 Å². The number of aliphatic carboxylic acids is 1. The first-order valence-electron chi connectivity index (χ1n) is 6.48. The highest BCUT2D eigenvalue weighted by Gasteiger charge is 2.14. The fraction of sp³-hybridized carbons (Fsp3) is 0.188. The molecule has 0 spiro atoms. The molecule has 0 bridgehead atoms. The van der Waals surface area contributed by atoms with Gasteiger partial charge in [-0.3, -0.25) is 4.79 Å². The topological polar surface area (TPSA) is 63.3 Å². The van der Waals surface area contributed by atoms with Gasteiger partial charge in [0.05, 0.1) is 0 Å². The number of hydrogen-bond acceptors (Lipinski definition) is 3. The van der Waals surface area contributed by atoms with Crippen molar-refractivity contribution >= 4 is 30.2 Å². The summed E-state index contributed by atoms with van der Waals surface area (Å²) in [4.78, 5) is 10.9. The van der Waals surface area contributed by atoms with Crippen LogP contribution in [0.3, 0.4) is 0 Å². The molecular weight excluding hydrogens is 306 g/mol. The van der Waals surface area contributed by atoms with Crippen LogP contribution in [0.4, 0.5) is 0 Å². The largest absolute Gasteiger partial charge is 0.480 e. The molecule has 5 heteroatoms. The molecule has 1 atom stereocenters. The van der Waals surface area contributed by atoms with E-state index in [9.17, 15) is 4.79 Å². The molecule has 0 aliphatic rings. The van der Waals surface area contributed by atoms with Crippen molar-refractivity contribution < 1.29 is 9.90 Å². The Kier molecular flexibility index (Phi) is 5.28. The Labute approximate surface area is 134 Å². The van der Waals surface area contributed by atoms with E-state index in [-0.39, 0.29) is 6.42 Å². The van der Waals surface area contributed by atoms with Gasteiger partial charge in [-0.25, -0.2) is 0 Å². The average Bonchev–Trinajstić information content (AvgIpc) is 2.47. The molecule has 0 aliphatic heterocycles. The van der Waals surface area contributed by atoms with Crippen LogP contribution in [-0.4, -0.2) is 17.1 Å². The van der Waals surface area contributed by atoms with Gasteiger partial charge in [0.15, 0.2) is 0 Å². The summed E-state index contributed by atoms with van der Waals surface area (Å²) in [5.74, 6) is -0.446. The Morgan fingerprint density at radius 2 is 1.90 bits per heavy atom. The lowest BCUT2D eigenvalue weighted by Crippen LogP contribution is -2.32. The van der Waals surface area contributed by atoms with Crippen LogP contribution < -0.4 is 5.73 Å². The third kappa shape index (κ3) is 4.00. The van der Waals surface area contributed by atoms with E-state index in [1.807, 2.05) is 42.5 Å². The molecule has 21 heavy (non-hydrogen) atoms. The van der Waals surface area contributed by atoms with Crippen molar-refractivity contribution in [2.45, 2.75) is 18.2 Å². The SMILES string of the molecule is N[C@@H](Cc1cc(CS)cc(-c2ccccc2Cl)c1)C(=O)O. The molecule has 2 aromatic rings. The Hall–Kier alpha value is -1.49. The van der Waals surface area contributed by atoms with E-state index in [1.165, 1.54) is 0 Å². The number of hydrogen-bond donors (Lipinski definition) is 3. The highest BCUT2D eigenvalue weighted by molar-refractivity contribution is 7.79. The lowest BCUT2D eigenvalue weighted by atomic mass is 9.97. The summed E-state index contributed by atoms with van der Waals surface area (Å²) in [5, 5.41) is 9.59. The molecule has 0 heterocycles. The average molecular weight is 322 g/mol. The highest BCUT2D eigenvalue weighted by atomic mass is 35.5. The molecule has 0 aromatic heterocycles. The van der Waals surface area contributed by atoms with E-state index in [1.54, 1.807) is 0 Å². The van der Waals surface area contributed by atoms with Crippen LogP contribution in [-0.2, 0) is 17.0 Å². The van der Waals surface area contributed by atoms with Crippen LogP contribution in [0.15, 0.2) is 42.5 Å². The van der Waals surface area contributed by atoms with E-state index in [2.05, 4.69) is 12.6 Å². The molecule has 3 N–H and O–H groups in total. The van der Waals surface area contributed by atoms with Crippen LogP contribution in [0, 0.1) is 0 Å². The van der Waals surface area contributed by atoms with Crippen molar-refractivity contribution in [1.29, 1.82) is 0 Å². The minimum Gasteiger partial charge on any atom is -0.480 e. The minimum absolute atomic E-state index is 0.272. The molecule has 0 saturated carbocycles. The quantitative estimate of drug-likeness (QED) is 0.740. The molecular formula is C16H16ClNO2S. The lowest BCUT2D eigenvalue weighted by molar-refractivity contribution is -0.138.